The molecule has 3 rings (SSSR count). The first kappa shape index (κ1) is 19.7. The summed E-state index contributed by atoms with van der Waals surface area (Å²) in [5, 5.41) is 17.8. The summed E-state index contributed by atoms with van der Waals surface area (Å²) in [6.45, 7) is 5.17. The topological polar surface area (TPSA) is 82.8 Å². The lowest BCUT2D eigenvalue weighted by molar-refractivity contribution is -0.384. The lowest BCUT2D eigenvalue weighted by Crippen LogP contribution is -2.51. The number of nitro benzene ring substituents is 1. The number of para-hydroxylation sites is 1. The highest BCUT2D eigenvalue weighted by Gasteiger charge is 2.20. The fourth-order valence-corrected chi connectivity index (χ4v) is 3.42. The molecule has 0 amide bonds. The minimum absolute atomic E-state index is 0.0939. The number of rotatable bonds is 6. The first-order chi connectivity index (χ1) is 13.7. The molecule has 0 saturated carbocycles. The van der Waals surface area contributed by atoms with Crippen LogP contribution in [-0.4, -0.2) is 36.6 Å². The second kappa shape index (κ2) is 9.73. The number of hydrogen-bond donors (Lipinski definition) is 2. The van der Waals surface area contributed by atoms with E-state index in [-0.39, 0.29) is 10.6 Å². The van der Waals surface area contributed by atoms with E-state index in [4.69, 9.17) is 0 Å². The largest absolute Gasteiger partial charge is 0.369 e. The molecular formula is C21H27N5O2. The van der Waals surface area contributed by atoms with Crippen LogP contribution in [0.5, 0.6) is 0 Å². The Morgan fingerprint density at radius 1 is 1.25 bits per heavy atom. The Labute approximate surface area is 165 Å². The van der Waals surface area contributed by atoms with Crippen molar-refractivity contribution in [2.75, 3.05) is 24.5 Å². The molecule has 7 nitrogen and oxygen atoms in total. The number of anilines is 1. The van der Waals surface area contributed by atoms with Crippen molar-refractivity contribution in [3.63, 3.8) is 0 Å². The number of guanidine groups is 1. The molecule has 148 valence electrons. The predicted molar refractivity (Wildman–Crippen MR) is 113 cm³/mol. The number of nitrogens with one attached hydrogen (secondary N) is 2. The highest BCUT2D eigenvalue weighted by Crippen LogP contribution is 2.19. The average molecular weight is 381 g/mol. The van der Waals surface area contributed by atoms with Gasteiger partial charge in [-0.2, -0.15) is 0 Å². The van der Waals surface area contributed by atoms with Crippen molar-refractivity contribution in [2.45, 2.75) is 32.4 Å². The van der Waals surface area contributed by atoms with Crippen LogP contribution in [0.3, 0.4) is 0 Å². The van der Waals surface area contributed by atoms with Crippen molar-refractivity contribution in [3.05, 3.63) is 70.3 Å². The van der Waals surface area contributed by atoms with Gasteiger partial charge in [-0.05, 0) is 37.5 Å². The van der Waals surface area contributed by atoms with Crippen LogP contribution in [0.4, 0.5) is 11.4 Å². The average Bonchev–Trinajstić information content (AvgIpc) is 2.73. The SMILES string of the molecule is CCNC(=NCc1cccc([N+](=O)[O-])c1)NC1CCCN(c2ccccc2)C1. The van der Waals surface area contributed by atoms with Gasteiger partial charge in [-0.3, -0.25) is 10.1 Å². The van der Waals surface area contributed by atoms with Crippen LogP contribution in [0.15, 0.2) is 59.6 Å². The summed E-state index contributed by atoms with van der Waals surface area (Å²) in [6.07, 6.45) is 2.21. The van der Waals surface area contributed by atoms with Gasteiger partial charge >= 0.3 is 0 Å². The summed E-state index contributed by atoms with van der Waals surface area (Å²) in [5.41, 5.74) is 2.16. The van der Waals surface area contributed by atoms with E-state index < -0.39 is 0 Å². The van der Waals surface area contributed by atoms with Crippen molar-refractivity contribution in [1.82, 2.24) is 10.6 Å². The zero-order valence-corrected chi connectivity index (χ0v) is 16.2. The molecule has 1 heterocycles. The number of hydrogen-bond acceptors (Lipinski definition) is 4. The van der Waals surface area contributed by atoms with Crippen LogP contribution in [-0.2, 0) is 6.54 Å². The molecule has 1 unspecified atom stereocenters. The van der Waals surface area contributed by atoms with Crippen molar-refractivity contribution < 1.29 is 4.92 Å². The summed E-state index contributed by atoms with van der Waals surface area (Å²) in [4.78, 5) is 17.6. The quantitative estimate of drug-likeness (QED) is 0.347. The van der Waals surface area contributed by atoms with Crippen molar-refractivity contribution in [1.29, 1.82) is 0 Å². The van der Waals surface area contributed by atoms with Crippen LogP contribution < -0.4 is 15.5 Å². The minimum atomic E-state index is -0.378. The van der Waals surface area contributed by atoms with Crippen LogP contribution >= 0.6 is 0 Å². The number of aliphatic imine (C=N–C) groups is 1. The van der Waals surface area contributed by atoms with Gasteiger partial charge in [0, 0.05) is 43.5 Å². The van der Waals surface area contributed by atoms with E-state index in [0.717, 1.165) is 44.0 Å². The molecule has 0 spiro atoms. The maximum absolute atomic E-state index is 10.9. The Kier molecular flexibility index (Phi) is 6.84. The lowest BCUT2D eigenvalue weighted by atomic mass is 10.1. The fraction of sp³-hybridized carbons (Fsp3) is 0.381. The Morgan fingerprint density at radius 3 is 2.82 bits per heavy atom. The van der Waals surface area contributed by atoms with Crippen molar-refractivity contribution in [3.8, 4) is 0 Å². The van der Waals surface area contributed by atoms with E-state index in [0.29, 0.717) is 12.6 Å². The summed E-state index contributed by atoms with van der Waals surface area (Å²) < 4.78 is 0. The van der Waals surface area contributed by atoms with E-state index in [2.05, 4.69) is 44.8 Å². The van der Waals surface area contributed by atoms with Crippen molar-refractivity contribution >= 4 is 17.3 Å². The van der Waals surface area contributed by atoms with Gasteiger partial charge in [0.2, 0.25) is 0 Å². The molecule has 0 aliphatic carbocycles. The third kappa shape index (κ3) is 5.45. The monoisotopic (exact) mass is 381 g/mol. The molecule has 1 atom stereocenters. The van der Waals surface area contributed by atoms with Crippen molar-refractivity contribution in [2.24, 2.45) is 4.99 Å². The predicted octanol–water partition coefficient (Wildman–Crippen LogP) is 3.32. The second-order valence-electron chi connectivity index (χ2n) is 6.89. The smallest absolute Gasteiger partial charge is 0.269 e. The first-order valence-electron chi connectivity index (χ1n) is 9.74. The number of non-ortho nitro benzene ring substituents is 1. The Hall–Kier alpha value is -3.09. The summed E-state index contributed by atoms with van der Waals surface area (Å²) >= 11 is 0. The van der Waals surface area contributed by atoms with E-state index in [1.54, 1.807) is 12.1 Å². The molecule has 0 bridgehead atoms. The van der Waals surface area contributed by atoms with E-state index in [1.165, 1.54) is 11.8 Å². The third-order valence-corrected chi connectivity index (χ3v) is 4.77. The maximum atomic E-state index is 10.9. The van der Waals surface area contributed by atoms with Gasteiger partial charge in [0.25, 0.3) is 5.69 Å². The molecule has 0 aromatic heterocycles. The van der Waals surface area contributed by atoms with Crippen LogP contribution in [0.2, 0.25) is 0 Å². The molecular weight excluding hydrogens is 354 g/mol. The standard InChI is InChI=1S/C21H27N5O2/c1-2-22-21(23-15-17-8-6-12-20(14-17)26(27)28)24-18-9-7-13-25(16-18)19-10-4-3-5-11-19/h3-6,8,10-12,14,18H,2,7,9,13,15-16H2,1H3,(H2,22,23,24). The van der Waals surface area contributed by atoms with Gasteiger partial charge in [-0.15, -0.1) is 0 Å². The number of nitrogens with zero attached hydrogens (tertiary/aromatic N) is 3. The van der Waals surface area contributed by atoms with E-state index in [9.17, 15) is 10.1 Å². The molecule has 1 saturated heterocycles. The maximum Gasteiger partial charge on any atom is 0.269 e. The number of nitro groups is 1. The fourth-order valence-electron chi connectivity index (χ4n) is 3.42. The Balaban J connectivity index is 1.64. The summed E-state index contributed by atoms with van der Waals surface area (Å²) in [5.74, 6) is 0.744. The minimum Gasteiger partial charge on any atom is -0.369 e. The zero-order chi connectivity index (χ0) is 19.8. The van der Waals surface area contributed by atoms with Gasteiger partial charge in [-0.25, -0.2) is 4.99 Å². The lowest BCUT2D eigenvalue weighted by Gasteiger charge is -2.35. The van der Waals surface area contributed by atoms with Gasteiger partial charge in [0.15, 0.2) is 5.96 Å². The molecule has 1 fully saturated rings. The molecule has 7 heteroatoms. The third-order valence-electron chi connectivity index (χ3n) is 4.77. The Morgan fingerprint density at radius 2 is 2.07 bits per heavy atom. The molecule has 1 aliphatic heterocycles. The first-order valence-corrected chi connectivity index (χ1v) is 9.74. The van der Waals surface area contributed by atoms with E-state index in [1.807, 2.05) is 19.1 Å². The molecule has 1 aliphatic rings. The normalized spacial score (nSPS) is 17.2. The van der Waals surface area contributed by atoms with Gasteiger partial charge in [-0.1, -0.05) is 30.3 Å². The summed E-state index contributed by atoms with van der Waals surface area (Å²) in [6, 6.07) is 17.4. The van der Waals surface area contributed by atoms with Crippen LogP contribution in [0.25, 0.3) is 0 Å². The second-order valence-corrected chi connectivity index (χ2v) is 6.89. The van der Waals surface area contributed by atoms with E-state index >= 15 is 0 Å². The molecule has 0 radical (unpaired) electrons. The van der Waals surface area contributed by atoms with Gasteiger partial charge in [0.1, 0.15) is 0 Å². The highest BCUT2D eigenvalue weighted by molar-refractivity contribution is 5.80. The molecule has 2 aromatic carbocycles. The molecule has 2 N–H and O–H groups in total. The molecule has 2 aromatic rings. The Bertz CT molecular complexity index is 809. The number of benzene rings is 2. The van der Waals surface area contributed by atoms with Crippen LogP contribution in [0, 0.1) is 10.1 Å². The number of piperidine rings is 1. The zero-order valence-electron chi connectivity index (χ0n) is 16.2. The van der Waals surface area contributed by atoms with Gasteiger partial charge in [0.05, 0.1) is 11.5 Å². The summed E-state index contributed by atoms with van der Waals surface area (Å²) in [7, 11) is 0. The molecule has 28 heavy (non-hydrogen) atoms. The van der Waals surface area contributed by atoms with Crippen LogP contribution in [0.1, 0.15) is 25.3 Å². The highest BCUT2D eigenvalue weighted by atomic mass is 16.6. The van der Waals surface area contributed by atoms with Gasteiger partial charge < -0.3 is 15.5 Å².